The first-order valence-electron chi connectivity index (χ1n) is 6.85. The Morgan fingerprint density at radius 1 is 1.14 bits per heavy atom. The molecule has 0 aliphatic carbocycles. The van der Waals surface area contributed by atoms with E-state index in [1.807, 2.05) is 30.3 Å². The van der Waals surface area contributed by atoms with E-state index in [-0.39, 0.29) is 6.04 Å². The molecule has 0 fully saturated rings. The molecule has 5 nitrogen and oxygen atoms in total. The third-order valence-corrected chi connectivity index (χ3v) is 3.49. The smallest absolute Gasteiger partial charge is 0.127 e. The molecule has 1 aromatic carbocycles. The van der Waals surface area contributed by atoms with Gasteiger partial charge in [-0.3, -0.25) is 16.3 Å². The van der Waals surface area contributed by atoms with Crippen LogP contribution < -0.4 is 20.7 Å². The van der Waals surface area contributed by atoms with Crippen LogP contribution in [-0.2, 0) is 6.42 Å². The molecule has 0 saturated heterocycles. The number of hydrazine groups is 1. The number of aryl methyl sites for hydroxylation is 1. The normalized spacial score (nSPS) is 12.0. The highest BCUT2D eigenvalue weighted by molar-refractivity contribution is 5.42. The van der Waals surface area contributed by atoms with Crippen LogP contribution in [0.3, 0.4) is 0 Å². The number of nitrogens with zero attached hydrogens (tertiary/aromatic N) is 1. The summed E-state index contributed by atoms with van der Waals surface area (Å²) in [6.45, 7) is 0. The summed E-state index contributed by atoms with van der Waals surface area (Å²) in [7, 11) is 3.28. The Hall–Kier alpha value is -2.11. The van der Waals surface area contributed by atoms with Gasteiger partial charge in [-0.15, -0.1) is 0 Å². The zero-order valence-electron chi connectivity index (χ0n) is 12.4. The number of aromatic nitrogens is 1. The van der Waals surface area contributed by atoms with E-state index < -0.39 is 0 Å². The fraction of sp³-hybridized carbons (Fsp3) is 0.312. The molecule has 21 heavy (non-hydrogen) atoms. The van der Waals surface area contributed by atoms with Gasteiger partial charge in [-0.25, -0.2) is 0 Å². The molecule has 0 aliphatic rings. The van der Waals surface area contributed by atoms with Crippen molar-refractivity contribution < 1.29 is 9.47 Å². The van der Waals surface area contributed by atoms with E-state index in [1.165, 1.54) is 5.56 Å². The highest BCUT2D eigenvalue weighted by atomic mass is 16.5. The minimum Gasteiger partial charge on any atom is -0.497 e. The molecule has 3 N–H and O–H groups in total. The monoisotopic (exact) mass is 287 g/mol. The van der Waals surface area contributed by atoms with Crippen LogP contribution in [0.25, 0.3) is 0 Å². The lowest BCUT2D eigenvalue weighted by atomic mass is 9.99. The van der Waals surface area contributed by atoms with Crippen molar-refractivity contribution >= 4 is 0 Å². The topological polar surface area (TPSA) is 69.4 Å². The number of pyridine rings is 1. The Labute approximate surface area is 125 Å². The largest absolute Gasteiger partial charge is 0.497 e. The second-order valence-corrected chi connectivity index (χ2v) is 4.72. The van der Waals surface area contributed by atoms with Gasteiger partial charge in [0.1, 0.15) is 11.5 Å². The summed E-state index contributed by atoms with van der Waals surface area (Å²) in [5.74, 6) is 7.25. The molecule has 0 radical (unpaired) electrons. The van der Waals surface area contributed by atoms with Crippen LogP contribution >= 0.6 is 0 Å². The predicted molar refractivity (Wildman–Crippen MR) is 82.2 cm³/mol. The molecule has 0 bridgehead atoms. The summed E-state index contributed by atoms with van der Waals surface area (Å²) in [5.41, 5.74) is 5.12. The van der Waals surface area contributed by atoms with Gasteiger partial charge < -0.3 is 9.47 Å². The van der Waals surface area contributed by atoms with Crippen LogP contribution in [0, 0.1) is 0 Å². The van der Waals surface area contributed by atoms with E-state index in [4.69, 9.17) is 15.3 Å². The lowest BCUT2D eigenvalue weighted by molar-refractivity contribution is 0.382. The van der Waals surface area contributed by atoms with Gasteiger partial charge in [-0.05, 0) is 36.6 Å². The van der Waals surface area contributed by atoms with Gasteiger partial charge in [0.15, 0.2) is 0 Å². The van der Waals surface area contributed by atoms with E-state index in [0.29, 0.717) is 0 Å². The molecule has 0 amide bonds. The van der Waals surface area contributed by atoms with E-state index in [1.54, 1.807) is 26.6 Å². The van der Waals surface area contributed by atoms with E-state index in [9.17, 15) is 0 Å². The molecule has 112 valence electrons. The summed E-state index contributed by atoms with van der Waals surface area (Å²) in [6.07, 6.45) is 5.37. The maximum absolute atomic E-state index is 5.71. The Bertz CT molecular complexity index is 561. The highest BCUT2D eigenvalue weighted by Crippen LogP contribution is 2.31. The maximum atomic E-state index is 5.71. The summed E-state index contributed by atoms with van der Waals surface area (Å²) >= 11 is 0. The zero-order chi connectivity index (χ0) is 15.1. The maximum Gasteiger partial charge on any atom is 0.127 e. The number of rotatable bonds is 7. The van der Waals surface area contributed by atoms with Crippen molar-refractivity contribution in [1.29, 1.82) is 0 Å². The third-order valence-electron chi connectivity index (χ3n) is 3.49. The molecule has 2 rings (SSSR count). The van der Waals surface area contributed by atoms with Crippen LogP contribution in [0.5, 0.6) is 11.5 Å². The fourth-order valence-corrected chi connectivity index (χ4v) is 2.30. The lowest BCUT2D eigenvalue weighted by Crippen LogP contribution is -2.28. The van der Waals surface area contributed by atoms with Crippen LogP contribution in [-0.4, -0.2) is 19.2 Å². The Morgan fingerprint density at radius 2 is 1.90 bits per heavy atom. The van der Waals surface area contributed by atoms with Gasteiger partial charge >= 0.3 is 0 Å². The van der Waals surface area contributed by atoms with Crippen LogP contribution in [0.2, 0.25) is 0 Å². The quantitative estimate of drug-likeness (QED) is 0.604. The first-order chi connectivity index (χ1) is 10.3. The molecular formula is C16H21N3O2. The van der Waals surface area contributed by atoms with Crippen molar-refractivity contribution in [1.82, 2.24) is 10.4 Å². The van der Waals surface area contributed by atoms with Gasteiger partial charge in [0.05, 0.1) is 14.2 Å². The van der Waals surface area contributed by atoms with Gasteiger partial charge in [0.25, 0.3) is 0 Å². The average molecular weight is 287 g/mol. The minimum atomic E-state index is 0.0130. The van der Waals surface area contributed by atoms with Crippen molar-refractivity contribution in [3.05, 3.63) is 53.9 Å². The number of hydrogen-bond donors (Lipinski definition) is 2. The van der Waals surface area contributed by atoms with E-state index >= 15 is 0 Å². The molecular weight excluding hydrogens is 266 g/mol. The average Bonchev–Trinajstić information content (AvgIpc) is 2.56. The number of nitrogens with two attached hydrogens (primary N) is 1. The minimum absolute atomic E-state index is 0.0130. The highest BCUT2D eigenvalue weighted by Gasteiger charge is 2.15. The molecule has 5 heteroatoms. The lowest BCUT2D eigenvalue weighted by Gasteiger charge is -2.19. The van der Waals surface area contributed by atoms with Gasteiger partial charge in [-0.2, -0.15) is 0 Å². The van der Waals surface area contributed by atoms with Crippen molar-refractivity contribution in [2.24, 2.45) is 5.84 Å². The first-order valence-corrected chi connectivity index (χ1v) is 6.85. The van der Waals surface area contributed by atoms with Crippen molar-refractivity contribution in [2.45, 2.75) is 18.9 Å². The summed E-state index contributed by atoms with van der Waals surface area (Å²) < 4.78 is 10.7. The third kappa shape index (κ3) is 3.93. The molecule has 0 spiro atoms. The molecule has 1 atom stereocenters. The number of nitrogens with one attached hydrogen (secondary N) is 1. The standard InChI is InChI=1S/C16H21N3O2/c1-20-13-4-5-14(16(11-13)21-2)15(19-17)6-3-12-7-9-18-10-8-12/h4-5,7-11,15,19H,3,6,17H2,1-2H3. The van der Waals surface area contributed by atoms with Crippen LogP contribution in [0.4, 0.5) is 0 Å². The van der Waals surface area contributed by atoms with Crippen LogP contribution in [0.1, 0.15) is 23.6 Å². The van der Waals surface area contributed by atoms with Crippen LogP contribution in [0.15, 0.2) is 42.7 Å². The molecule has 2 aromatic rings. The SMILES string of the molecule is COc1ccc(C(CCc2ccncc2)NN)c(OC)c1. The number of ether oxygens (including phenoxy) is 2. The van der Waals surface area contributed by atoms with Gasteiger partial charge in [0.2, 0.25) is 0 Å². The van der Waals surface area contributed by atoms with Crippen molar-refractivity contribution in [2.75, 3.05) is 14.2 Å². The Kier molecular flexibility index (Phi) is 5.54. The Balaban J connectivity index is 2.13. The molecule has 1 aromatic heterocycles. The van der Waals surface area contributed by atoms with Gasteiger partial charge in [0, 0.05) is 30.1 Å². The number of benzene rings is 1. The molecule has 0 aliphatic heterocycles. The summed E-state index contributed by atoms with van der Waals surface area (Å²) in [4.78, 5) is 4.02. The molecule has 0 saturated carbocycles. The van der Waals surface area contributed by atoms with Gasteiger partial charge in [-0.1, -0.05) is 6.07 Å². The van der Waals surface area contributed by atoms with E-state index in [2.05, 4.69) is 10.4 Å². The first kappa shape index (κ1) is 15.3. The number of methoxy groups -OCH3 is 2. The molecule has 1 heterocycles. The predicted octanol–water partition coefficient (Wildman–Crippen LogP) is 2.24. The fourth-order valence-electron chi connectivity index (χ4n) is 2.30. The number of hydrogen-bond acceptors (Lipinski definition) is 5. The molecule has 1 unspecified atom stereocenters. The zero-order valence-corrected chi connectivity index (χ0v) is 12.4. The van der Waals surface area contributed by atoms with E-state index in [0.717, 1.165) is 29.9 Å². The second kappa shape index (κ2) is 7.61. The second-order valence-electron chi connectivity index (χ2n) is 4.72. The summed E-state index contributed by atoms with van der Waals surface area (Å²) in [6, 6.07) is 9.80. The van der Waals surface area contributed by atoms with Crippen molar-refractivity contribution in [3.63, 3.8) is 0 Å². The Morgan fingerprint density at radius 3 is 2.52 bits per heavy atom. The summed E-state index contributed by atoms with van der Waals surface area (Å²) in [5, 5.41) is 0. The van der Waals surface area contributed by atoms with Crippen molar-refractivity contribution in [3.8, 4) is 11.5 Å².